The minimum Gasteiger partial charge on any atom is -0.456 e. The highest BCUT2D eigenvalue weighted by Gasteiger charge is 2.24. The Hall–Kier alpha value is -1.29. The van der Waals surface area contributed by atoms with Crippen molar-refractivity contribution >= 4 is 5.91 Å². The van der Waals surface area contributed by atoms with Gasteiger partial charge in [-0.3, -0.25) is 4.79 Å². The van der Waals surface area contributed by atoms with Crippen LogP contribution in [-0.4, -0.2) is 18.5 Å². The average molecular weight is 194 g/mol. The van der Waals surface area contributed by atoms with Crippen LogP contribution >= 0.6 is 0 Å². The summed E-state index contributed by atoms with van der Waals surface area (Å²) in [7, 11) is 0. The number of hydrogen-bond donors (Lipinski definition) is 2. The normalized spacial score (nSPS) is 15.5. The van der Waals surface area contributed by atoms with Gasteiger partial charge < -0.3 is 15.5 Å². The van der Waals surface area contributed by atoms with Crippen molar-refractivity contribution in [1.82, 2.24) is 5.32 Å². The molecule has 0 spiro atoms. The number of carbonyl (C=O) groups is 1. The number of amides is 1. The summed E-state index contributed by atoms with van der Waals surface area (Å²) in [6, 6.07) is 3.86. The zero-order valence-electron chi connectivity index (χ0n) is 7.95. The Kier molecular flexibility index (Phi) is 2.54. The molecule has 2 rings (SSSR count). The van der Waals surface area contributed by atoms with E-state index in [0.717, 1.165) is 18.6 Å². The van der Waals surface area contributed by atoms with Crippen molar-refractivity contribution in [2.24, 2.45) is 5.73 Å². The van der Waals surface area contributed by atoms with Gasteiger partial charge in [0, 0.05) is 12.5 Å². The summed E-state index contributed by atoms with van der Waals surface area (Å²) in [6.07, 6.45) is 2.85. The second-order valence-electron chi connectivity index (χ2n) is 3.55. The molecule has 0 aliphatic heterocycles. The predicted octanol–water partition coefficient (Wildman–Crippen LogP) is 0.673. The molecule has 1 aliphatic carbocycles. The van der Waals surface area contributed by atoms with E-state index in [4.69, 9.17) is 10.2 Å². The fourth-order valence-electron chi connectivity index (χ4n) is 1.26. The Morgan fingerprint density at radius 3 is 3.00 bits per heavy atom. The molecule has 4 heteroatoms. The highest BCUT2D eigenvalue weighted by Crippen LogP contribution is 2.19. The predicted molar refractivity (Wildman–Crippen MR) is 52.0 cm³/mol. The van der Waals surface area contributed by atoms with Gasteiger partial charge in [-0.25, -0.2) is 0 Å². The topological polar surface area (TPSA) is 68.3 Å². The molecule has 14 heavy (non-hydrogen) atoms. The number of rotatable bonds is 4. The smallest absolute Gasteiger partial charge is 0.287 e. The lowest BCUT2D eigenvalue weighted by atomic mass is 10.3. The Balaban J connectivity index is 1.96. The van der Waals surface area contributed by atoms with E-state index in [1.807, 2.05) is 0 Å². The van der Waals surface area contributed by atoms with Gasteiger partial charge in [0.1, 0.15) is 5.76 Å². The van der Waals surface area contributed by atoms with Crippen molar-refractivity contribution in [2.75, 3.05) is 6.54 Å². The molecular formula is C10H14N2O2. The van der Waals surface area contributed by atoms with Crippen molar-refractivity contribution in [1.29, 1.82) is 0 Å². The molecule has 1 aromatic heterocycles. The summed E-state index contributed by atoms with van der Waals surface area (Å²) in [5, 5.41) is 2.86. The quantitative estimate of drug-likeness (QED) is 0.740. The van der Waals surface area contributed by atoms with Crippen LogP contribution in [0.15, 0.2) is 16.5 Å². The number of hydrogen-bond acceptors (Lipinski definition) is 3. The summed E-state index contributed by atoms with van der Waals surface area (Å²) < 4.78 is 5.32. The Labute approximate surface area is 82.5 Å². The second kappa shape index (κ2) is 3.84. The number of furan rings is 1. The molecule has 1 amide bonds. The molecule has 1 aromatic rings. The highest BCUT2D eigenvalue weighted by atomic mass is 16.3. The Bertz CT molecular complexity index is 329. The summed E-state index contributed by atoms with van der Waals surface area (Å²) in [5.74, 6) is 1.05. The Morgan fingerprint density at radius 2 is 2.36 bits per heavy atom. The van der Waals surface area contributed by atoms with Gasteiger partial charge in [0.2, 0.25) is 0 Å². The molecule has 0 aromatic carbocycles. The molecular weight excluding hydrogens is 180 g/mol. The first kappa shape index (κ1) is 9.27. The largest absolute Gasteiger partial charge is 0.456 e. The first-order chi connectivity index (χ1) is 6.79. The van der Waals surface area contributed by atoms with E-state index in [2.05, 4.69) is 5.32 Å². The summed E-state index contributed by atoms with van der Waals surface area (Å²) in [4.78, 5) is 11.5. The third kappa shape index (κ3) is 2.14. The molecule has 3 N–H and O–H groups in total. The second-order valence-corrected chi connectivity index (χ2v) is 3.55. The van der Waals surface area contributed by atoms with E-state index in [1.165, 1.54) is 0 Å². The SMILES string of the molecule is NCCc1ccc(C(=O)NC2CC2)o1. The van der Waals surface area contributed by atoms with Gasteiger partial charge in [-0.2, -0.15) is 0 Å². The van der Waals surface area contributed by atoms with E-state index in [9.17, 15) is 4.79 Å². The van der Waals surface area contributed by atoms with E-state index >= 15 is 0 Å². The fourth-order valence-corrected chi connectivity index (χ4v) is 1.26. The fraction of sp³-hybridized carbons (Fsp3) is 0.500. The van der Waals surface area contributed by atoms with Gasteiger partial charge in [0.05, 0.1) is 0 Å². The minimum absolute atomic E-state index is 0.115. The first-order valence-electron chi connectivity index (χ1n) is 4.89. The minimum atomic E-state index is -0.115. The number of nitrogens with one attached hydrogen (secondary N) is 1. The van der Waals surface area contributed by atoms with Crippen LogP contribution in [0.1, 0.15) is 29.2 Å². The lowest BCUT2D eigenvalue weighted by Crippen LogP contribution is -2.24. The molecule has 1 fully saturated rings. The van der Waals surface area contributed by atoms with Crippen molar-refractivity contribution in [3.05, 3.63) is 23.7 Å². The zero-order chi connectivity index (χ0) is 9.97. The van der Waals surface area contributed by atoms with Crippen LogP contribution in [0.3, 0.4) is 0 Å². The Morgan fingerprint density at radius 1 is 1.57 bits per heavy atom. The van der Waals surface area contributed by atoms with Crippen LogP contribution in [0, 0.1) is 0 Å². The molecule has 1 aliphatic rings. The van der Waals surface area contributed by atoms with Gasteiger partial charge in [0.15, 0.2) is 5.76 Å². The molecule has 0 atom stereocenters. The van der Waals surface area contributed by atoms with E-state index in [1.54, 1.807) is 12.1 Å². The maximum absolute atomic E-state index is 11.5. The lowest BCUT2D eigenvalue weighted by molar-refractivity contribution is 0.0921. The number of carbonyl (C=O) groups excluding carboxylic acids is 1. The summed E-state index contributed by atoms with van der Waals surface area (Å²) >= 11 is 0. The van der Waals surface area contributed by atoms with Crippen LogP contribution in [-0.2, 0) is 6.42 Å². The van der Waals surface area contributed by atoms with Gasteiger partial charge in [0.25, 0.3) is 5.91 Å². The average Bonchev–Trinajstić information content (AvgIpc) is 2.83. The van der Waals surface area contributed by atoms with Crippen molar-refractivity contribution in [2.45, 2.75) is 25.3 Å². The van der Waals surface area contributed by atoms with Gasteiger partial charge in [-0.1, -0.05) is 0 Å². The molecule has 0 saturated heterocycles. The van der Waals surface area contributed by atoms with Crippen molar-refractivity contribution in [3.63, 3.8) is 0 Å². The molecule has 0 unspecified atom stereocenters. The number of nitrogens with two attached hydrogens (primary N) is 1. The zero-order valence-corrected chi connectivity index (χ0v) is 7.95. The highest BCUT2D eigenvalue weighted by molar-refractivity contribution is 5.91. The van der Waals surface area contributed by atoms with Gasteiger partial charge in [-0.15, -0.1) is 0 Å². The van der Waals surface area contributed by atoms with Crippen LogP contribution < -0.4 is 11.1 Å². The molecule has 1 saturated carbocycles. The molecule has 76 valence electrons. The van der Waals surface area contributed by atoms with Gasteiger partial charge in [-0.05, 0) is 31.5 Å². The van der Waals surface area contributed by atoms with E-state index < -0.39 is 0 Å². The van der Waals surface area contributed by atoms with Crippen LogP contribution in [0.5, 0.6) is 0 Å². The maximum Gasteiger partial charge on any atom is 0.287 e. The van der Waals surface area contributed by atoms with E-state index in [0.29, 0.717) is 24.8 Å². The van der Waals surface area contributed by atoms with Crippen molar-refractivity contribution < 1.29 is 9.21 Å². The molecule has 0 bridgehead atoms. The van der Waals surface area contributed by atoms with Crippen LogP contribution in [0.2, 0.25) is 0 Å². The van der Waals surface area contributed by atoms with Gasteiger partial charge >= 0.3 is 0 Å². The summed E-state index contributed by atoms with van der Waals surface area (Å²) in [5.41, 5.74) is 5.38. The van der Waals surface area contributed by atoms with E-state index in [-0.39, 0.29) is 5.91 Å². The van der Waals surface area contributed by atoms with Crippen molar-refractivity contribution in [3.8, 4) is 0 Å². The standard InChI is InChI=1S/C10H14N2O2/c11-6-5-8-3-4-9(14-8)10(13)12-7-1-2-7/h3-4,7H,1-2,5-6,11H2,(H,12,13). The third-order valence-electron chi connectivity index (χ3n) is 2.19. The molecule has 1 heterocycles. The maximum atomic E-state index is 11.5. The third-order valence-corrected chi connectivity index (χ3v) is 2.19. The first-order valence-corrected chi connectivity index (χ1v) is 4.89. The monoisotopic (exact) mass is 194 g/mol. The molecule has 4 nitrogen and oxygen atoms in total. The van der Waals surface area contributed by atoms with Crippen LogP contribution in [0.25, 0.3) is 0 Å². The summed E-state index contributed by atoms with van der Waals surface area (Å²) in [6.45, 7) is 0.539. The van der Waals surface area contributed by atoms with Crippen LogP contribution in [0.4, 0.5) is 0 Å². The molecule has 0 radical (unpaired) electrons. The lowest BCUT2D eigenvalue weighted by Gasteiger charge is -1.98.